The number of aliphatic hydroxyl groups excluding tert-OH is 1. The SMILES string of the molecule is COc1ccccc1NC(=O)NCC1CCCC1CO. The number of ether oxygens (including phenoxy) is 1. The summed E-state index contributed by atoms with van der Waals surface area (Å²) in [5.74, 6) is 1.33. The molecule has 2 unspecified atom stereocenters. The second kappa shape index (κ2) is 7.14. The Balaban J connectivity index is 1.83. The van der Waals surface area contributed by atoms with Gasteiger partial charge in [0.25, 0.3) is 0 Å². The zero-order chi connectivity index (χ0) is 14.4. The van der Waals surface area contributed by atoms with Crippen molar-refractivity contribution in [3.63, 3.8) is 0 Å². The molecule has 2 rings (SSSR count). The van der Waals surface area contributed by atoms with Crippen molar-refractivity contribution in [2.45, 2.75) is 19.3 Å². The lowest BCUT2D eigenvalue weighted by atomic mass is 9.97. The van der Waals surface area contributed by atoms with Crippen molar-refractivity contribution in [1.29, 1.82) is 0 Å². The summed E-state index contributed by atoms with van der Waals surface area (Å²) in [6, 6.07) is 7.06. The predicted molar refractivity (Wildman–Crippen MR) is 77.9 cm³/mol. The predicted octanol–water partition coefficient (Wildman–Crippen LogP) is 2.23. The van der Waals surface area contributed by atoms with Crippen molar-refractivity contribution in [2.75, 3.05) is 25.6 Å². The summed E-state index contributed by atoms with van der Waals surface area (Å²) in [5, 5.41) is 14.9. The van der Waals surface area contributed by atoms with Gasteiger partial charge in [-0.25, -0.2) is 4.79 Å². The maximum Gasteiger partial charge on any atom is 0.319 e. The molecule has 2 amide bonds. The van der Waals surface area contributed by atoms with Crippen LogP contribution in [-0.4, -0.2) is 31.4 Å². The lowest BCUT2D eigenvalue weighted by Crippen LogP contribution is -2.34. The Morgan fingerprint density at radius 2 is 2.10 bits per heavy atom. The Morgan fingerprint density at radius 3 is 2.85 bits per heavy atom. The van der Waals surface area contributed by atoms with Crippen LogP contribution in [0.1, 0.15) is 19.3 Å². The number of amides is 2. The van der Waals surface area contributed by atoms with Gasteiger partial charge in [-0.2, -0.15) is 0 Å². The monoisotopic (exact) mass is 278 g/mol. The largest absolute Gasteiger partial charge is 0.495 e. The van der Waals surface area contributed by atoms with Crippen LogP contribution in [0.2, 0.25) is 0 Å². The standard InChI is InChI=1S/C15H22N2O3/c1-20-14-8-3-2-7-13(14)17-15(19)16-9-11-5-4-6-12(11)10-18/h2-3,7-8,11-12,18H,4-6,9-10H2,1H3,(H2,16,17,19). The van der Waals surface area contributed by atoms with E-state index in [-0.39, 0.29) is 12.6 Å². The quantitative estimate of drug-likeness (QED) is 0.773. The first-order valence-electron chi connectivity index (χ1n) is 7.03. The van der Waals surface area contributed by atoms with Crippen molar-refractivity contribution < 1.29 is 14.6 Å². The van der Waals surface area contributed by atoms with Crippen LogP contribution in [-0.2, 0) is 0 Å². The molecule has 0 heterocycles. The maximum absolute atomic E-state index is 11.9. The Labute approximate surface area is 119 Å². The molecule has 1 aromatic rings. The van der Waals surface area contributed by atoms with E-state index >= 15 is 0 Å². The third kappa shape index (κ3) is 3.63. The molecule has 1 saturated carbocycles. The van der Waals surface area contributed by atoms with Gasteiger partial charge in [0.05, 0.1) is 12.8 Å². The van der Waals surface area contributed by atoms with Gasteiger partial charge in [-0.15, -0.1) is 0 Å². The van der Waals surface area contributed by atoms with E-state index in [1.54, 1.807) is 19.2 Å². The number of benzene rings is 1. The number of para-hydroxylation sites is 2. The number of carbonyl (C=O) groups is 1. The average molecular weight is 278 g/mol. The number of nitrogens with one attached hydrogen (secondary N) is 2. The van der Waals surface area contributed by atoms with Crippen molar-refractivity contribution in [3.8, 4) is 5.75 Å². The molecule has 0 saturated heterocycles. The van der Waals surface area contributed by atoms with Gasteiger partial charge in [0.15, 0.2) is 0 Å². The van der Waals surface area contributed by atoms with Crippen LogP contribution in [0, 0.1) is 11.8 Å². The molecule has 5 heteroatoms. The van der Waals surface area contributed by atoms with Crippen molar-refractivity contribution >= 4 is 11.7 Å². The van der Waals surface area contributed by atoms with Crippen molar-refractivity contribution in [3.05, 3.63) is 24.3 Å². The van der Waals surface area contributed by atoms with E-state index in [9.17, 15) is 9.90 Å². The van der Waals surface area contributed by atoms with Crippen LogP contribution in [0.3, 0.4) is 0 Å². The molecule has 20 heavy (non-hydrogen) atoms. The highest BCUT2D eigenvalue weighted by Crippen LogP contribution is 2.30. The minimum Gasteiger partial charge on any atom is -0.495 e. The fourth-order valence-corrected chi connectivity index (χ4v) is 2.76. The molecule has 0 aliphatic heterocycles. The first-order valence-corrected chi connectivity index (χ1v) is 7.03. The van der Waals surface area contributed by atoms with E-state index in [1.807, 2.05) is 12.1 Å². The van der Waals surface area contributed by atoms with Gasteiger partial charge in [-0.05, 0) is 36.8 Å². The van der Waals surface area contributed by atoms with E-state index < -0.39 is 0 Å². The average Bonchev–Trinajstić information content (AvgIpc) is 2.93. The van der Waals surface area contributed by atoms with Gasteiger partial charge in [-0.3, -0.25) is 0 Å². The fraction of sp³-hybridized carbons (Fsp3) is 0.533. The Hall–Kier alpha value is -1.75. The molecule has 5 nitrogen and oxygen atoms in total. The number of methoxy groups -OCH3 is 1. The van der Waals surface area contributed by atoms with Gasteiger partial charge in [-0.1, -0.05) is 18.6 Å². The summed E-state index contributed by atoms with van der Waals surface area (Å²) >= 11 is 0. The summed E-state index contributed by atoms with van der Waals surface area (Å²) in [7, 11) is 1.57. The molecule has 0 aromatic heterocycles. The van der Waals surface area contributed by atoms with Crippen LogP contribution in [0.15, 0.2) is 24.3 Å². The van der Waals surface area contributed by atoms with Crippen LogP contribution < -0.4 is 15.4 Å². The molecule has 2 atom stereocenters. The van der Waals surface area contributed by atoms with E-state index in [2.05, 4.69) is 10.6 Å². The zero-order valence-electron chi connectivity index (χ0n) is 11.8. The number of rotatable bonds is 5. The number of anilines is 1. The molecular weight excluding hydrogens is 256 g/mol. The topological polar surface area (TPSA) is 70.6 Å². The first-order chi connectivity index (χ1) is 9.74. The molecular formula is C15H22N2O3. The summed E-state index contributed by atoms with van der Waals surface area (Å²) in [4.78, 5) is 11.9. The number of urea groups is 1. The summed E-state index contributed by atoms with van der Waals surface area (Å²) in [5.41, 5.74) is 0.651. The molecule has 0 radical (unpaired) electrons. The minimum atomic E-state index is -0.238. The molecule has 0 bridgehead atoms. The van der Waals surface area contributed by atoms with Crippen LogP contribution in [0.25, 0.3) is 0 Å². The minimum absolute atomic E-state index is 0.209. The highest BCUT2D eigenvalue weighted by Gasteiger charge is 2.26. The van der Waals surface area contributed by atoms with Crippen molar-refractivity contribution in [1.82, 2.24) is 5.32 Å². The normalized spacial score (nSPS) is 21.5. The van der Waals surface area contributed by atoms with E-state index in [0.29, 0.717) is 29.8 Å². The number of aliphatic hydroxyl groups is 1. The number of hydrogen-bond donors (Lipinski definition) is 3. The highest BCUT2D eigenvalue weighted by atomic mass is 16.5. The van der Waals surface area contributed by atoms with E-state index in [1.165, 1.54) is 0 Å². The van der Waals surface area contributed by atoms with E-state index in [4.69, 9.17) is 4.74 Å². The molecule has 3 N–H and O–H groups in total. The number of hydrogen-bond acceptors (Lipinski definition) is 3. The second-order valence-corrected chi connectivity index (χ2v) is 5.17. The maximum atomic E-state index is 11.9. The highest BCUT2D eigenvalue weighted by molar-refractivity contribution is 5.90. The summed E-state index contributed by atoms with van der Waals surface area (Å²) in [6.45, 7) is 0.812. The lowest BCUT2D eigenvalue weighted by molar-refractivity contribution is 0.192. The van der Waals surface area contributed by atoms with Gasteiger partial charge in [0.1, 0.15) is 5.75 Å². The van der Waals surface area contributed by atoms with E-state index in [0.717, 1.165) is 19.3 Å². The van der Waals surface area contributed by atoms with Crippen LogP contribution in [0.5, 0.6) is 5.75 Å². The Kier molecular flexibility index (Phi) is 5.24. The summed E-state index contributed by atoms with van der Waals surface area (Å²) < 4.78 is 5.18. The van der Waals surface area contributed by atoms with Gasteiger partial charge < -0.3 is 20.5 Å². The Bertz CT molecular complexity index is 450. The van der Waals surface area contributed by atoms with Crippen LogP contribution in [0.4, 0.5) is 10.5 Å². The fourth-order valence-electron chi connectivity index (χ4n) is 2.76. The summed E-state index contributed by atoms with van der Waals surface area (Å²) in [6.07, 6.45) is 3.25. The zero-order valence-corrected chi connectivity index (χ0v) is 11.8. The van der Waals surface area contributed by atoms with Gasteiger partial charge in [0.2, 0.25) is 0 Å². The molecule has 110 valence electrons. The smallest absolute Gasteiger partial charge is 0.319 e. The second-order valence-electron chi connectivity index (χ2n) is 5.17. The van der Waals surface area contributed by atoms with Crippen molar-refractivity contribution in [2.24, 2.45) is 11.8 Å². The van der Waals surface area contributed by atoms with Crippen LogP contribution >= 0.6 is 0 Å². The Morgan fingerprint density at radius 1 is 1.35 bits per heavy atom. The molecule has 1 aliphatic rings. The molecule has 0 spiro atoms. The van der Waals surface area contributed by atoms with Gasteiger partial charge in [0, 0.05) is 13.2 Å². The third-order valence-corrected chi connectivity index (χ3v) is 3.93. The van der Waals surface area contributed by atoms with Gasteiger partial charge >= 0.3 is 6.03 Å². The third-order valence-electron chi connectivity index (χ3n) is 3.93. The molecule has 1 aliphatic carbocycles. The first kappa shape index (κ1) is 14.7. The lowest BCUT2D eigenvalue weighted by Gasteiger charge is -2.18. The number of carbonyl (C=O) groups excluding carboxylic acids is 1. The molecule has 1 aromatic carbocycles. The molecule has 1 fully saturated rings.